The number of para-hydroxylation sites is 1. The summed E-state index contributed by atoms with van der Waals surface area (Å²) in [5.41, 5.74) is 3.86. The Kier molecular flexibility index (Phi) is 4.94. The molecule has 0 saturated carbocycles. The fourth-order valence-electron chi connectivity index (χ4n) is 3.42. The minimum atomic E-state index is 0. The number of hydrogen-bond acceptors (Lipinski definition) is 2. The van der Waals surface area contributed by atoms with Crippen LogP contribution in [-0.4, -0.2) is 24.3 Å². The van der Waals surface area contributed by atoms with Gasteiger partial charge in [-0.15, -0.1) is 6.42 Å². The van der Waals surface area contributed by atoms with Gasteiger partial charge in [-0.1, -0.05) is 24.3 Å². The molecule has 1 aromatic carbocycles. The molecule has 0 saturated heterocycles. The molecule has 0 N–H and O–H groups in total. The van der Waals surface area contributed by atoms with Gasteiger partial charge in [0.05, 0.1) is 20.3 Å². The zero-order chi connectivity index (χ0) is 16.8. The van der Waals surface area contributed by atoms with E-state index < -0.39 is 0 Å². The van der Waals surface area contributed by atoms with Crippen LogP contribution in [0.3, 0.4) is 0 Å². The van der Waals surface area contributed by atoms with E-state index in [4.69, 9.17) is 0 Å². The second-order valence-corrected chi connectivity index (χ2v) is 6.12. The number of ketones is 1. The van der Waals surface area contributed by atoms with Crippen LogP contribution in [0.15, 0.2) is 54.7 Å². The van der Waals surface area contributed by atoms with Gasteiger partial charge in [-0.25, -0.2) is 4.40 Å². The summed E-state index contributed by atoms with van der Waals surface area (Å²) in [6.07, 6.45) is 2.31. The molecule has 5 heteroatoms. The summed E-state index contributed by atoms with van der Waals surface area (Å²) >= 11 is 0. The topological polar surface area (TPSA) is 28.8 Å². The largest absolute Gasteiger partial charge is 0.369 e. The third kappa shape index (κ3) is 2.68. The van der Waals surface area contributed by atoms with Gasteiger partial charge >= 0.3 is 5.95 Å². The van der Waals surface area contributed by atoms with Crippen molar-refractivity contribution < 1.29 is 41.9 Å². The second kappa shape index (κ2) is 6.85. The SMILES string of the molecule is [CH2-]CC(=O)c1cc2c3cccc[n+]3c(N(C)C)n2c2ccccc12.[Y]. The summed E-state index contributed by atoms with van der Waals surface area (Å²) in [5, 5.41) is 0.961. The van der Waals surface area contributed by atoms with Crippen molar-refractivity contribution in [2.45, 2.75) is 6.42 Å². The number of carbonyl (C=O) groups excluding carboxylic acids is 1. The number of fused-ring (bicyclic) bond motifs is 5. The average Bonchev–Trinajstić information content (AvgIpc) is 2.95. The number of aromatic nitrogens is 2. The van der Waals surface area contributed by atoms with Gasteiger partial charge in [-0.3, -0.25) is 9.69 Å². The Morgan fingerprint density at radius 2 is 1.84 bits per heavy atom. The van der Waals surface area contributed by atoms with E-state index in [-0.39, 0.29) is 44.9 Å². The Morgan fingerprint density at radius 1 is 1.12 bits per heavy atom. The number of rotatable bonds is 3. The first-order valence-corrected chi connectivity index (χ1v) is 8.00. The molecule has 0 aliphatic rings. The van der Waals surface area contributed by atoms with Gasteiger partial charge in [0, 0.05) is 43.7 Å². The molecule has 4 rings (SSSR count). The number of hydrogen-bond donors (Lipinski definition) is 0. The molecule has 0 spiro atoms. The molecule has 0 aliphatic heterocycles. The number of benzene rings is 1. The van der Waals surface area contributed by atoms with Gasteiger partial charge in [0.2, 0.25) is 0 Å². The van der Waals surface area contributed by atoms with E-state index in [0.29, 0.717) is 0 Å². The van der Waals surface area contributed by atoms with Crippen molar-refractivity contribution in [1.29, 1.82) is 0 Å². The number of nitrogens with zero attached hydrogens (tertiary/aromatic N) is 3. The Balaban J connectivity index is 0.00000182. The number of anilines is 1. The molecule has 0 unspecified atom stereocenters. The van der Waals surface area contributed by atoms with Crippen molar-refractivity contribution in [1.82, 2.24) is 4.40 Å². The fourth-order valence-corrected chi connectivity index (χ4v) is 3.42. The van der Waals surface area contributed by atoms with Crippen LogP contribution in [0.2, 0.25) is 0 Å². The van der Waals surface area contributed by atoms with Gasteiger partial charge < -0.3 is 6.92 Å². The zero-order valence-corrected chi connectivity index (χ0v) is 17.3. The number of imidazole rings is 1. The molecule has 0 amide bonds. The quantitative estimate of drug-likeness (QED) is 0.297. The van der Waals surface area contributed by atoms with Crippen LogP contribution in [0.4, 0.5) is 5.95 Å². The van der Waals surface area contributed by atoms with E-state index in [2.05, 4.69) is 39.0 Å². The third-order valence-corrected chi connectivity index (χ3v) is 4.42. The molecule has 3 heterocycles. The average molecular weight is 406 g/mol. The Labute approximate surface area is 171 Å². The van der Waals surface area contributed by atoms with Crippen molar-refractivity contribution in [2.24, 2.45) is 0 Å². The molecular weight excluding hydrogens is 387 g/mol. The molecule has 0 fully saturated rings. The van der Waals surface area contributed by atoms with Gasteiger partial charge in [0.25, 0.3) is 0 Å². The van der Waals surface area contributed by atoms with E-state index in [0.717, 1.165) is 33.4 Å². The first kappa shape index (κ1) is 18.0. The molecule has 0 aliphatic carbocycles. The van der Waals surface area contributed by atoms with Gasteiger partial charge in [-0.2, -0.15) is 4.40 Å². The molecule has 123 valence electrons. The maximum absolute atomic E-state index is 12.5. The first-order valence-electron chi connectivity index (χ1n) is 8.00. The van der Waals surface area contributed by atoms with Crippen LogP contribution < -0.4 is 9.30 Å². The number of carbonyl (C=O) groups is 1. The van der Waals surface area contributed by atoms with Gasteiger partial charge in [-0.05, 0) is 24.3 Å². The smallest absolute Gasteiger partial charge is 0.336 e. The molecule has 4 aromatic rings. The van der Waals surface area contributed by atoms with Crippen LogP contribution in [0, 0.1) is 6.92 Å². The van der Waals surface area contributed by atoms with Crippen molar-refractivity contribution in [3.63, 3.8) is 0 Å². The predicted molar refractivity (Wildman–Crippen MR) is 96.7 cm³/mol. The van der Waals surface area contributed by atoms with Crippen molar-refractivity contribution >= 4 is 33.7 Å². The monoisotopic (exact) mass is 406 g/mol. The zero-order valence-electron chi connectivity index (χ0n) is 14.4. The van der Waals surface area contributed by atoms with Gasteiger partial charge in [0.15, 0.2) is 0 Å². The Bertz CT molecular complexity index is 1100. The summed E-state index contributed by atoms with van der Waals surface area (Å²) in [6, 6.07) is 16.2. The predicted octanol–water partition coefficient (Wildman–Crippen LogP) is 3.30. The van der Waals surface area contributed by atoms with E-state index in [1.807, 2.05) is 50.5 Å². The van der Waals surface area contributed by atoms with Crippen LogP contribution in [0.1, 0.15) is 16.8 Å². The molecule has 1 radical (unpaired) electrons. The molecule has 0 atom stereocenters. The van der Waals surface area contributed by atoms with Crippen molar-refractivity contribution in [3.05, 3.63) is 67.2 Å². The van der Waals surface area contributed by atoms with Crippen molar-refractivity contribution in [2.75, 3.05) is 19.0 Å². The summed E-state index contributed by atoms with van der Waals surface area (Å²) in [7, 11) is 4.07. The third-order valence-electron chi connectivity index (χ3n) is 4.42. The Morgan fingerprint density at radius 3 is 2.56 bits per heavy atom. The van der Waals surface area contributed by atoms with E-state index in [1.54, 1.807) is 0 Å². The number of pyridine rings is 2. The molecule has 4 nitrogen and oxygen atoms in total. The maximum atomic E-state index is 12.5. The van der Waals surface area contributed by atoms with Crippen LogP contribution in [0.25, 0.3) is 21.9 Å². The normalized spacial score (nSPS) is 11.0. The summed E-state index contributed by atoms with van der Waals surface area (Å²) in [4.78, 5) is 14.6. The summed E-state index contributed by atoms with van der Waals surface area (Å²) in [5.74, 6) is 1.11. The molecule has 3 aromatic heterocycles. The molecular formula is C20H19N3OY. The van der Waals surface area contributed by atoms with E-state index in [1.165, 1.54) is 0 Å². The van der Waals surface area contributed by atoms with Crippen LogP contribution in [-0.2, 0) is 32.7 Å². The van der Waals surface area contributed by atoms with E-state index >= 15 is 0 Å². The Hall–Kier alpha value is -1.78. The fraction of sp³-hybridized carbons (Fsp3) is 0.150. The van der Waals surface area contributed by atoms with Crippen molar-refractivity contribution in [3.8, 4) is 0 Å². The van der Waals surface area contributed by atoms with Gasteiger partial charge in [0.1, 0.15) is 22.3 Å². The first-order chi connectivity index (χ1) is 11.6. The minimum Gasteiger partial charge on any atom is -0.336 e. The minimum absolute atomic E-state index is 0. The molecule has 25 heavy (non-hydrogen) atoms. The van der Waals surface area contributed by atoms with Crippen LogP contribution >= 0.6 is 0 Å². The second-order valence-electron chi connectivity index (χ2n) is 6.12. The standard InChI is InChI=1S/C20H19N3O.Y/c1-4-19(24)15-13-18-17-11-7-8-12-22(17)20(21(2)3)23(18)16-10-6-5-9-14(15)16;/h5-13H,1,4H2,2-3H3;. The van der Waals surface area contributed by atoms with Crippen LogP contribution in [0.5, 0.6) is 0 Å². The summed E-state index contributed by atoms with van der Waals surface area (Å²) in [6.45, 7) is 3.77. The van der Waals surface area contributed by atoms with E-state index in [9.17, 15) is 4.79 Å². The molecule has 0 bridgehead atoms. The summed E-state index contributed by atoms with van der Waals surface area (Å²) < 4.78 is 4.37. The number of Topliss-reactive ketones (excluding diaryl/α,β-unsaturated/α-hetero) is 1. The maximum Gasteiger partial charge on any atom is 0.369 e.